The third-order valence-electron chi connectivity index (χ3n) is 2.90. The predicted molar refractivity (Wildman–Crippen MR) is 67.3 cm³/mol. The number of nitrogens with zero attached hydrogens (tertiary/aromatic N) is 4. The van der Waals surface area contributed by atoms with Crippen LogP contribution in [0.1, 0.15) is 5.56 Å². The Kier molecular flexibility index (Phi) is 3.88. The average Bonchev–Trinajstić information content (AvgIpc) is 2.74. The van der Waals surface area contributed by atoms with Gasteiger partial charge in [-0.15, -0.1) is 0 Å². The summed E-state index contributed by atoms with van der Waals surface area (Å²) in [4.78, 5) is 15.2. The van der Waals surface area contributed by atoms with Gasteiger partial charge in [-0.3, -0.25) is 9.45 Å². The van der Waals surface area contributed by atoms with Gasteiger partial charge in [-0.25, -0.2) is 4.79 Å². The van der Waals surface area contributed by atoms with E-state index in [2.05, 4.69) is 5.10 Å². The van der Waals surface area contributed by atoms with Gasteiger partial charge in [0.05, 0.1) is 6.20 Å². The van der Waals surface area contributed by atoms with Gasteiger partial charge >= 0.3 is 6.03 Å². The van der Waals surface area contributed by atoms with Crippen LogP contribution in [0.4, 0.5) is 4.79 Å². The van der Waals surface area contributed by atoms with Gasteiger partial charge in [0.15, 0.2) is 0 Å². The van der Waals surface area contributed by atoms with Crippen molar-refractivity contribution in [2.45, 2.75) is 6.92 Å². The van der Waals surface area contributed by atoms with E-state index in [0.717, 1.165) is 5.56 Å². The Morgan fingerprint density at radius 3 is 2.47 bits per heavy atom. The van der Waals surface area contributed by atoms with Crippen molar-refractivity contribution >= 4 is 16.1 Å². The topological polar surface area (TPSA) is 95.7 Å². The lowest BCUT2D eigenvalue weighted by Gasteiger charge is -2.33. The van der Waals surface area contributed by atoms with E-state index in [1.54, 1.807) is 22.2 Å². The van der Waals surface area contributed by atoms with Crippen LogP contribution < -0.4 is 0 Å². The van der Waals surface area contributed by atoms with Crippen LogP contribution in [0.3, 0.4) is 0 Å². The third-order valence-corrected chi connectivity index (χ3v) is 3.59. The molecule has 0 spiro atoms. The fourth-order valence-electron chi connectivity index (χ4n) is 1.96. The van der Waals surface area contributed by atoms with Crippen LogP contribution in [0.2, 0.25) is 0 Å². The maximum absolute atomic E-state index is 12.0. The molecule has 0 bridgehead atoms. The lowest BCUT2D eigenvalue weighted by atomic mass is 10.3. The highest BCUT2D eigenvalue weighted by molar-refractivity contribution is 7.85. The smallest absolute Gasteiger partial charge is 0.320 e. The molecule has 2 rings (SSSR count). The second-order valence-corrected chi connectivity index (χ2v) is 5.98. The molecule has 2 heterocycles. The molecule has 19 heavy (non-hydrogen) atoms. The van der Waals surface area contributed by atoms with Gasteiger partial charge in [0.25, 0.3) is 10.1 Å². The van der Waals surface area contributed by atoms with Crippen molar-refractivity contribution in [3.05, 3.63) is 18.0 Å². The molecule has 0 unspecified atom stereocenters. The van der Waals surface area contributed by atoms with Crippen LogP contribution in [0.15, 0.2) is 12.4 Å². The summed E-state index contributed by atoms with van der Waals surface area (Å²) < 4.78 is 31.5. The summed E-state index contributed by atoms with van der Waals surface area (Å²) in [5.41, 5.74) is 0.901. The summed E-state index contributed by atoms with van der Waals surface area (Å²) in [7, 11) is -4.01. The highest BCUT2D eigenvalue weighted by Crippen LogP contribution is 2.06. The molecule has 1 aliphatic rings. The molecule has 0 radical (unpaired) electrons. The Hall–Kier alpha value is -1.45. The summed E-state index contributed by atoms with van der Waals surface area (Å²) in [6, 6.07) is -0.223. The molecule has 0 aliphatic carbocycles. The Balaban J connectivity index is 1.91. The van der Waals surface area contributed by atoms with E-state index in [4.69, 9.17) is 4.55 Å². The molecule has 1 N–H and O–H groups in total. The number of rotatable bonds is 2. The molecule has 9 heteroatoms. The van der Waals surface area contributed by atoms with Crippen molar-refractivity contribution in [2.24, 2.45) is 0 Å². The summed E-state index contributed by atoms with van der Waals surface area (Å²) >= 11 is 0. The van der Waals surface area contributed by atoms with E-state index < -0.39 is 16.0 Å². The second kappa shape index (κ2) is 5.27. The van der Waals surface area contributed by atoms with Crippen molar-refractivity contribution in [3.8, 4) is 0 Å². The van der Waals surface area contributed by atoms with E-state index in [-0.39, 0.29) is 6.03 Å². The predicted octanol–water partition coefficient (Wildman–Crippen LogP) is -0.377. The first-order valence-corrected chi connectivity index (χ1v) is 7.44. The zero-order chi connectivity index (χ0) is 14.0. The van der Waals surface area contributed by atoms with E-state index in [0.29, 0.717) is 26.2 Å². The second-order valence-electron chi connectivity index (χ2n) is 4.56. The van der Waals surface area contributed by atoms with Gasteiger partial charge in [0.1, 0.15) is 5.88 Å². The molecule has 1 aromatic heterocycles. The minimum absolute atomic E-state index is 0.223. The number of carbonyl (C=O) groups is 1. The van der Waals surface area contributed by atoms with Gasteiger partial charge in [-0.2, -0.15) is 18.2 Å². The Labute approximate surface area is 111 Å². The van der Waals surface area contributed by atoms with Gasteiger partial charge in [0.2, 0.25) is 0 Å². The molecular formula is C10H16N4O4S. The maximum Gasteiger partial charge on any atom is 0.344 e. The fourth-order valence-corrected chi connectivity index (χ4v) is 2.68. The summed E-state index contributed by atoms with van der Waals surface area (Å²) in [5, 5.41) is 3.95. The number of hydrogen-bond donors (Lipinski definition) is 1. The lowest BCUT2D eigenvalue weighted by molar-refractivity contribution is 0.148. The number of carbonyl (C=O) groups excluding carboxylic acids is 1. The monoisotopic (exact) mass is 288 g/mol. The van der Waals surface area contributed by atoms with Crippen LogP contribution in [0.25, 0.3) is 0 Å². The summed E-state index contributed by atoms with van der Waals surface area (Å²) in [6.45, 7) is 3.49. The standard InChI is InChI=1S/C10H16N4O4S/c1-9-6-11-14(7-9)10(15)13-4-2-12(3-5-13)8-19(16,17)18/h6-7H,2-5,8H2,1H3,(H,16,17,18). The Bertz CT molecular complexity index is 560. The zero-order valence-corrected chi connectivity index (χ0v) is 11.4. The van der Waals surface area contributed by atoms with Gasteiger partial charge in [-0.1, -0.05) is 0 Å². The average molecular weight is 288 g/mol. The molecule has 106 valence electrons. The minimum atomic E-state index is -4.01. The largest absolute Gasteiger partial charge is 0.344 e. The van der Waals surface area contributed by atoms with Gasteiger partial charge in [0, 0.05) is 32.4 Å². The van der Waals surface area contributed by atoms with Crippen molar-refractivity contribution in [3.63, 3.8) is 0 Å². The number of hydrogen-bond acceptors (Lipinski definition) is 5. The number of aryl methyl sites for hydroxylation is 1. The van der Waals surface area contributed by atoms with E-state index in [9.17, 15) is 13.2 Å². The van der Waals surface area contributed by atoms with E-state index in [1.807, 2.05) is 6.92 Å². The third kappa shape index (κ3) is 3.75. The summed E-state index contributed by atoms with van der Waals surface area (Å²) in [6.07, 6.45) is 3.25. The number of amides is 1. The SMILES string of the molecule is Cc1cnn(C(=O)N2CCN(CS(=O)(=O)O)CC2)c1. The van der Waals surface area contributed by atoms with Crippen molar-refractivity contribution in [1.29, 1.82) is 0 Å². The van der Waals surface area contributed by atoms with E-state index >= 15 is 0 Å². The van der Waals surface area contributed by atoms with Crippen molar-refractivity contribution in [1.82, 2.24) is 19.6 Å². The first kappa shape index (κ1) is 14.0. The zero-order valence-electron chi connectivity index (χ0n) is 10.6. The summed E-state index contributed by atoms with van der Waals surface area (Å²) in [5.74, 6) is -0.393. The Morgan fingerprint density at radius 1 is 1.37 bits per heavy atom. The molecule has 0 saturated carbocycles. The van der Waals surface area contributed by atoms with Crippen LogP contribution in [0, 0.1) is 6.92 Å². The van der Waals surface area contributed by atoms with Crippen LogP contribution in [0.5, 0.6) is 0 Å². The molecule has 1 aromatic rings. The molecule has 1 fully saturated rings. The molecule has 1 amide bonds. The fraction of sp³-hybridized carbons (Fsp3) is 0.600. The molecule has 1 aliphatic heterocycles. The molecule has 0 aromatic carbocycles. The van der Waals surface area contributed by atoms with Crippen molar-refractivity contribution < 1.29 is 17.8 Å². The maximum atomic E-state index is 12.0. The highest BCUT2D eigenvalue weighted by Gasteiger charge is 2.24. The highest BCUT2D eigenvalue weighted by atomic mass is 32.2. The van der Waals surface area contributed by atoms with Crippen LogP contribution >= 0.6 is 0 Å². The lowest BCUT2D eigenvalue weighted by Crippen LogP contribution is -2.50. The van der Waals surface area contributed by atoms with Gasteiger partial charge in [-0.05, 0) is 12.5 Å². The quantitative estimate of drug-likeness (QED) is 0.745. The van der Waals surface area contributed by atoms with Gasteiger partial charge < -0.3 is 4.90 Å². The molecular weight excluding hydrogens is 272 g/mol. The normalized spacial score (nSPS) is 17.7. The number of aromatic nitrogens is 2. The van der Waals surface area contributed by atoms with Crippen LogP contribution in [-0.4, -0.2) is 70.6 Å². The molecule has 1 saturated heterocycles. The first-order chi connectivity index (χ1) is 8.85. The van der Waals surface area contributed by atoms with Crippen molar-refractivity contribution in [2.75, 3.05) is 32.1 Å². The minimum Gasteiger partial charge on any atom is -0.320 e. The Morgan fingerprint density at radius 2 is 2.00 bits per heavy atom. The first-order valence-electron chi connectivity index (χ1n) is 5.83. The van der Waals surface area contributed by atoms with Crippen LogP contribution in [-0.2, 0) is 10.1 Å². The molecule has 8 nitrogen and oxygen atoms in total. The molecule has 0 atom stereocenters. The number of piperazine rings is 1. The van der Waals surface area contributed by atoms with E-state index in [1.165, 1.54) is 4.68 Å².